The summed E-state index contributed by atoms with van der Waals surface area (Å²) in [5.41, 5.74) is 5.10. The van der Waals surface area contributed by atoms with E-state index >= 15 is 0 Å². The van der Waals surface area contributed by atoms with Gasteiger partial charge in [0, 0.05) is 25.7 Å². The van der Waals surface area contributed by atoms with Crippen LogP contribution >= 0.6 is 0 Å². The highest BCUT2D eigenvalue weighted by Gasteiger charge is 2.22. The molecule has 2 N–H and O–H groups in total. The minimum Gasteiger partial charge on any atom is -0.326 e. The standard InChI is InChI=1S/C22H31N3O5S2/c1-14-10-17(4)22(18(5)11-14)24-21(26)8-9-23-32(29,30)20-13-19(15(2)12-16(20)3)25(6)31(7,27)28/h10-13,23H,8-9H2,1-7H3,(H,24,26). The molecule has 0 aliphatic carbocycles. The third-order valence-corrected chi connectivity index (χ3v) is 8.00. The van der Waals surface area contributed by atoms with Crippen LogP contribution in [0, 0.1) is 34.6 Å². The van der Waals surface area contributed by atoms with Crippen LogP contribution in [0.5, 0.6) is 0 Å². The first-order valence-corrected chi connectivity index (χ1v) is 13.4. The van der Waals surface area contributed by atoms with Crippen molar-refractivity contribution in [2.75, 3.05) is 29.5 Å². The lowest BCUT2D eigenvalue weighted by Crippen LogP contribution is -2.30. The molecule has 0 heterocycles. The molecule has 0 saturated carbocycles. The first-order chi connectivity index (χ1) is 14.6. The fourth-order valence-electron chi connectivity index (χ4n) is 3.58. The number of amides is 1. The van der Waals surface area contributed by atoms with Crippen molar-refractivity contribution >= 4 is 37.3 Å². The van der Waals surface area contributed by atoms with Gasteiger partial charge in [-0.15, -0.1) is 0 Å². The normalized spacial score (nSPS) is 12.0. The number of carbonyl (C=O) groups excluding carboxylic acids is 1. The number of aryl methyl sites for hydroxylation is 5. The van der Waals surface area contributed by atoms with Gasteiger partial charge < -0.3 is 5.32 Å². The molecular weight excluding hydrogens is 450 g/mol. The van der Waals surface area contributed by atoms with Crippen molar-refractivity contribution in [3.05, 3.63) is 52.1 Å². The molecule has 0 radical (unpaired) electrons. The second-order valence-corrected chi connectivity index (χ2v) is 11.9. The Morgan fingerprint density at radius 2 is 1.44 bits per heavy atom. The summed E-state index contributed by atoms with van der Waals surface area (Å²) in [7, 11) is -6.14. The third kappa shape index (κ3) is 6.08. The van der Waals surface area contributed by atoms with E-state index in [1.807, 2.05) is 32.9 Å². The van der Waals surface area contributed by atoms with Gasteiger partial charge in [0.1, 0.15) is 0 Å². The summed E-state index contributed by atoms with van der Waals surface area (Å²) in [6, 6.07) is 6.90. The molecule has 0 aromatic heterocycles. The quantitative estimate of drug-likeness (QED) is 0.602. The Morgan fingerprint density at radius 1 is 0.875 bits per heavy atom. The highest BCUT2D eigenvalue weighted by atomic mass is 32.2. The van der Waals surface area contributed by atoms with E-state index in [9.17, 15) is 21.6 Å². The van der Waals surface area contributed by atoms with E-state index in [1.54, 1.807) is 19.9 Å². The maximum absolute atomic E-state index is 12.9. The zero-order chi connectivity index (χ0) is 24.4. The summed E-state index contributed by atoms with van der Waals surface area (Å²) in [5.74, 6) is -0.305. The van der Waals surface area contributed by atoms with Crippen molar-refractivity contribution < 1.29 is 21.6 Å². The summed E-state index contributed by atoms with van der Waals surface area (Å²) < 4.78 is 53.0. The summed E-state index contributed by atoms with van der Waals surface area (Å²) in [4.78, 5) is 12.3. The Hall–Kier alpha value is -2.43. The minimum atomic E-state index is -3.95. The van der Waals surface area contributed by atoms with Crippen LogP contribution in [-0.2, 0) is 24.8 Å². The van der Waals surface area contributed by atoms with E-state index in [0.29, 0.717) is 11.1 Å². The van der Waals surface area contributed by atoms with Crippen molar-refractivity contribution in [1.82, 2.24) is 4.72 Å². The maximum atomic E-state index is 12.9. The lowest BCUT2D eigenvalue weighted by molar-refractivity contribution is -0.116. The van der Waals surface area contributed by atoms with Crippen LogP contribution in [0.2, 0.25) is 0 Å². The zero-order valence-electron chi connectivity index (χ0n) is 19.5. The molecule has 0 unspecified atom stereocenters. The van der Waals surface area contributed by atoms with Gasteiger partial charge in [0.25, 0.3) is 0 Å². The number of hydrogen-bond acceptors (Lipinski definition) is 5. The number of hydrogen-bond donors (Lipinski definition) is 2. The molecule has 0 bridgehead atoms. The molecule has 0 spiro atoms. The molecule has 8 nitrogen and oxygen atoms in total. The van der Waals surface area contributed by atoms with Crippen molar-refractivity contribution in [2.24, 2.45) is 0 Å². The van der Waals surface area contributed by atoms with E-state index in [0.717, 1.165) is 32.9 Å². The van der Waals surface area contributed by atoms with E-state index in [1.165, 1.54) is 13.1 Å². The average molecular weight is 482 g/mol. The Bertz CT molecular complexity index is 1230. The van der Waals surface area contributed by atoms with Gasteiger partial charge in [0.15, 0.2) is 0 Å². The van der Waals surface area contributed by atoms with Crippen molar-refractivity contribution in [3.8, 4) is 0 Å². The van der Waals surface area contributed by atoms with Crippen LogP contribution in [0.3, 0.4) is 0 Å². The SMILES string of the molecule is Cc1cc(C)c(NC(=O)CCNS(=O)(=O)c2cc(N(C)S(C)(=O)=O)c(C)cc2C)c(C)c1. The molecule has 176 valence electrons. The van der Waals surface area contributed by atoms with Gasteiger partial charge >= 0.3 is 0 Å². The molecule has 0 fully saturated rings. The predicted octanol–water partition coefficient (Wildman–Crippen LogP) is 2.93. The largest absolute Gasteiger partial charge is 0.326 e. The Labute approximate surface area is 191 Å². The van der Waals surface area contributed by atoms with Crippen LogP contribution in [-0.4, -0.2) is 42.6 Å². The fourth-order valence-corrected chi connectivity index (χ4v) is 5.41. The fraction of sp³-hybridized carbons (Fsp3) is 0.409. The molecule has 0 aliphatic heterocycles. The molecule has 0 aliphatic rings. The second-order valence-electron chi connectivity index (χ2n) is 8.10. The minimum absolute atomic E-state index is 0.0285. The predicted molar refractivity (Wildman–Crippen MR) is 128 cm³/mol. The van der Waals surface area contributed by atoms with E-state index in [-0.39, 0.29) is 29.5 Å². The molecule has 10 heteroatoms. The number of sulfonamides is 2. The van der Waals surface area contributed by atoms with Crippen LogP contribution in [0.4, 0.5) is 11.4 Å². The zero-order valence-corrected chi connectivity index (χ0v) is 21.2. The summed E-state index contributed by atoms with van der Waals surface area (Å²) >= 11 is 0. The Balaban J connectivity index is 2.15. The molecule has 2 aromatic rings. The van der Waals surface area contributed by atoms with E-state index in [2.05, 4.69) is 10.0 Å². The number of benzene rings is 2. The number of carbonyl (C=O) groups is 1. The van der Waals surface area contributed by atoms with Crippen molar-refractivity contribution in [1.29, 1.82) is 0 Å². The number of anilines is 2. The van der Waals surface area contributed by atoms with E-state index in [4.69, 9.17) is 0 Å². The van der Waals surface area contributed by atoms with Gasteiger partial charge in [-0.3, -0.25) is 9.10 Å². The van der Waals surface area contributed by atoms with Gasteiger partial charge in [0.2, 0.25) is 26.0 Å². The van der Waals surface area contributed by atoms with Crippen molar-refractivity contribution in [3.63, 3.8) is 0 Å². The highest BCUT2D eigenvalue weighted by Crippen LogP contribution is 2.28. The molecule has 32 heavy (non-hydrogen) atoms. The number of nitrogens with one attached hydrogen (secondary N) is 2. The highest BCUT2D eigenvalue weighted by molar-refractivity contribution is 7.92. The van der Waals surface area contributed by atoms with Crippen LogP contribution in [0.25, 0.3) is 0 Å². The number of nitrogens with zero attached hydrogens (tertiary/aromatic N) is 1. The van der Waals surface area contributed by atoms with Crippen LogP contribution in [0.15, 0.2) is 29.2 Å². The maximum Gasteiger partial charge on any atom is 0.240 e. The first-order valence-electron chi connectivity index (χ1n) is 10.1. The summed E-state index contributed by atoms with van der Waals surface area (Å²) in [6.45, 7) is 9.05. The smallest absolute Gasteiger partial charge is 0.240 e. The van der Waals surface area contributed by atoms with Gasteiger partial charge in [-0.2, -0.15) is 0 Å². The summed E-state index contributed by atoms with van der Waals surface area (Å²) in [5, 5.41) is 2.84. The summed E-state index contributed by atoms with van der Waals surface area (Å²) in [6.07, 6.45) is 1.00. The monoisotopic (exact) mass is 481 g/mol. The van der Waals surface area contributed by atoms with Crippen molar-refractivity contribution in [2.45, 2.75) is 45.9 Å². The lowest BCUT2D eigenvalue weighted by atomic mass is 10.1. The third-order valence-electron chi connectivity index (χ3n) is 5.21. The Kier molecular flexibility index (Phi) is 7.75. The number of rotatable bonds is 8. The molecule has 0 saturated heterocycles. The molecular formula is C22H31N3O5S2. The van der Waals surface area contributed by atoms with Crippen LogP contribution < -0.4 is 14.3 Å². The average Bonchev–Trinajstić information content (AvgIpc) is 2.63. The molecule has 2 rings (SSSR count). The van der Waals surface area contributed by atoms with Crippen LogP contribution in [0.1, 0.15) is 34.2 Å². The molecule has 1 amide bonds. The molecule has 2 aromatic carbocycles. The lowest BCUT2D eigenvalue weighted by Gasteiger charge is -2.21. The van der Waals surface area contributed by atoms with E-state index < -0.39 is 20.0 Å². The van der Waals surface area contributed by atoms with Gasteiger partial charge in [-0.1, -0.05) is 23.8 Å². The van der Waals surface area contributed by atoms with Gasteiger partial charge in [0.05, 0.1) is 16.8 Å². The van der Waals surface area contributed by atoms with Gasteiger partial charge in [-0.25, -0.2) is 21.6 Å². The second kappa shape index (κ2) is 9.60. The molecule has 0 atom stereocenters. The Morgan fingerprint density at radius 3 is 1.97 bits per heavy atom. The first kappa shape index (κ1) is 25.8. The topological polar surface area (TPSA) is 113 Å². The van der Waals surface area contributed by atoms with Gasteiger partial charge in [-0.05, 0) is 62.9 Å².